The van der Waals surface area contributed by atoms with E-state index in [1.807, 2.05) is 30.3 Å². The van der Waals surface area contributed by atoms with Crippen molar-refractivity contribution in [2.24, 2.45) is 5.73 Å². The normalized spacial score (nSPS) is 14.7. The average Bonchev–Trinajstić information content (AvgIpc) is 2.89. The molecular formula is C16H14BrCl2NO. The number of nitrogens with two attached hydrogens (primary N) is 1. The third-order valence-electron chi connectivity index (χ3n) is 3.62. The molecule has 0 fully saturated rings. The van der Waals surface area contributed by atoms with Gasteiger partial charge in [-0.2, -0.15) is 0 Å². The molecule has 1 atom stereocenters. The summed E-state index contributed by atoms with van der Waals surface area (Å²) in [5.74, 6) is 0.931. The first kappa shape index (κ1) is 15.2. The second-order valence-electron chi connectivity index (χ2n) is 5.13. The van der Waals surface area contributed by atoms with Gasteiger partial charge in [0.2, 0.25) is 0 Å². The Kier molecular flexibility index (Phi) is 4.46. The summed E-state index contributed by atoms with van der Waals surface area (Å²) in [5, 5.41) is 1.40. The van der Waals surface area contributed by atoms with Gasteiger partial charge >= 0.3 is 0 Å². The topological polar surface area (TPSA) is 35.2 Å². The summed E-state index contributed by atoms with van der Waals surface area (Å²) >= 11 is 15.9. The minimum Gasteiger partial charge on any atom is -0.493 e. The molecule has 1 aliphatic heterocycles. The number of halogens is 3. The summed E-state index contributed by atoms with van der Waals surface area (Å²) in [5.41, 5.74) is 9.45. The van der Waals surface area contributed by atoms with Gasteiger partial charge in [0.15, 0.2) is 0 Å². The third-order valence-corrected chi connectivity index (χ3v) is 4.68. The van der Waals surface area contributed by atoms with Crippen molar-refractivity contribution in [3.63, 3.8) is 0 Å². The Morgan fingerprint density at radius 2 is 2.05 bits per heavy atom. The molecule has 0 aliphatic carbocycles. The number of ether oxygens (including phenoxy) is 1. The maximum absolute atomic E-state index is 6.34. The van der Waals surface area contributed by atoms with Crippen LogP contribution in [0.5, 0.6) is 5.75 Å². The molecule has 2 aromatic carbocycles. The number of hydrogen-bond acceptors (Lipinski definition) is 2. The molecule has 0 radical (unpaired) electrons. The van der Waals surface area contributed by atoms with Gasteiger partial charge in [-0.1, -0.05) is 39.1 Å². The molecule has 1 unspecified atom stereocenters. The molecule has 0 amide bonds. The lowest BCUT2D eigenvalue weighted by Gasteiger charge is -2.16. The number of hydrogen-bond donors (Lipinski definition) is 1. The Labute approximate surface area is 142 Å². The first-order valence-corrected chi connectivity index (χ1v) is 8.24. The van der Waals surface area contributed by atoms with E-state index in [0.717, 1.165) is 38.4 Å². The highest BCUT2D eigenvalue weighted by molar-refractivity contribution is 9.10. The van der Waals surface area contributed by atoms with E-state index in [4.69, 9.17) is 33.7 Å². The van der Waals surface area contributed by atoms with Gasteiger partial charge in [-0.05, 0) is 53.4 Å². The second kappa shape index (κ2) is 6.17. The maximum atomic E-state index is 6.34. The zero-order chi connectivity index (χ0) is 15.0. The molecule has 0 spiro atoms. The van der Waals surface area contributed by atoms with E-state index in [2.05, 4.69) is 15.9 Å². The van der Waals surface area contributed by atoms with E-state index in [0.29, 0.717) is 18.1 Å². The average molecular weight is 387 g/mol. The second-order valence-corrected chi connectivity index (χ2v) is 6.89. The first-order valence-electron chi connectivity index (χ1n) is 6.69. The van der Waals surface area contributed by atoms with Crippen LogP contribution in [0.4, 0.5) is 0 Å². The number of fused-ring (bicyclic) bond motifs is 1. The van der Waals surface area contributed by atoms with Crippen molar-refractivity contribution in [1.29, 1.82) is 0 Å². The third kappa shape index (κ3) is 3.21. The predicted molar refractivity (Wildman–Crippen MR) is 90.4 cm³/mol. The van der Waals surface area contributed by atoms with Gasteiger partial charge in [-0.25, -0.2) is 0 Å². The van der Waals surface area contributed by atoms with Crippen LogP contribution in [-0.4, -0.2) is 6.61 Å². The Morgan fingerprint density at radius 1 is 1.24 bits per heavy atom. The van der Waals surface area contributed by atoms with E-state index in [1.165, 1.54) is 0 Å². The first-order chi connectivity index (χ1) is 10.0. The smallest absolute Gasteiger partial charge is 0.125 e. The Bertz CT molecular complexity index is 690. The minimum atomic E-state index is -0.207. The number of benzene rings is 2. The highest BCUT2D eigenvalue weighted by Gasteiger charge is 2.20. The Morgan fingerprint density at radius 3 is 2.86 bits per heavy atom. The largest absolute Gasteiger partial charge is 0.493 e. The molecule has 1 heterocycles. The summed E-state index contributed by atoms with van der Waals surface area (Å²) in [6.45, 7) is 0.704. The van der Waals surface area contributed by atoms with Gasteiger partial charge in [-0.15, -0.1) is 0 Å². The number of rotatable bonds is 3. The monoisotopic (exact) mass is 385 g/mol. The lowest BCUT2D eigenvalue weighted by molar-refractivity contribution is 0.352. The fourth-order valence-corrected chi connectivity index (χ4v) is 3.54. The molecule has 1 aliphatic rings. The van der Waals surface area contributed by atoms with Crippen molar-refractivity contribution < 1.29 is 4.74 Å². The van der Waals surface area contributed by atoms with Crippen LogP contribution in [0.15, 0.2) is 34.8 Å². The van der Waals surface area contributed by atoms with Gasteiger partial charge in [0, 0.05) is 27.0 Å². The van der Waals surface area contributed by atoms with E-state index in [9.17, 15) is 0 Å². The van der Waals surface area contributed by atoms with E-state index >= 15 is 0 Å². The maximum Gasteiger partial charge on any atom is 0.125 e. The zero-order valence-electron chi connectivity index (χ0n) is 11.2. The standard InChI is InChI=1S/C16H14BrCl2NO/c17-11-1-2-14(19)13(8-11)15(20)7-10-6-12(18)5-9-3-4-21-16(9)10/h1-2,5-6,8,15H,3-4,7,20H2. The quantitative estimate of drug-likeness (QED) is 0.811. The van der Waals surface area contributed by atoms with Crippen LogP contribution in [0, 0.1) is 0 Å². The summed E-state index contributed by atoms with van der Waals surface area (Å²) < 4.78 is 6.68. The molecule has 2 N–H and O–H groups in total. The van der Waals surface area contributed by atoms with Crippen LogP contribution in [0.1, 0.15) is 22.7 Å². The van der Waals surface area contributed by atoms with Crippen molar-refractivity contribution in [1.82, 2.24) is 0 Å². The lowest BCUT2D eigenvalue weighted by atomic mass is 9.97. The van der Waals surface area contributed by atoms with Crippen LogP contribution in [-0.2, 0) is 12.8 Å². The van der Waals surface area contributed by atoms with Crippen LogP contribution in [0.2, 0.25) is 10.0 Å². The van der Waals surface area contributed by atoms with Crippen molar-refractivity contribution in [2.45, 2.75) is 18.9 Å². The van der Waals surface area contributed by atoms with Crippen molar-refractivity contribution in [2.75, 3.05) is 6.61 Å². The molecule has 5 heteroatoms. The summed E-state index contributed by atoms with van der Waals surface area (Å²) in [6.07, 6.45) is 1.54. The van der Waals surface area contributed by atoms with Crippen molar-refractivity contribution in [3.05, 3.63) is 61.5 Å². The van der Waals surface area contributed by atoms with Gasteiger partial charge in [0.1, 0.15) is 5.75 Å². The summed E-state index contributed by atoms with van der Waals surface area (Å²) in [4.78, 5) is 0. The Balaban J connectivity index is 1.92. The van der Waals surface area contributed by atoms with E-state index in [1.54, 1.807) is 0 Å². The molecule has 110 valence electrons. The van der Waals surface area contributed by atoms with Gasteiger partial charge in [0.05, 0.1) is 6.61 Å². The molecule has 2 nitrogen and oxygen atoms in total. The molecular weight excluding hydrogens is 373 g/mol. The van der Waals surface area contributed by atoms with Gasteiger partial charge in [-0.3, -0.25) is 0 Å². The highest BCUT2D eigenvalue weighted by Crippen LogP contribution is 2.36. The van der Waals surface area contributed by atoms with Crippen molar-refractivity contribution >= 4 is 39.1 Å². The summed E-state index contributed by atoms with van der Waals surface area (Å²) in [7, 11) is 0. The molecule has 3 rings (SSSR count). The zero-order valence-corrected chi connectivity index (χ0v) is 14.3. The molecule has 2 aromatic rings. The molecule has 0 saturated carbocycles. The molecule has 0 aromatic heterocycles. The van der Waals surface area contributed by atoms with Gasteiger partial charge < -0.3 is 10.5 Å². The highest BCUT2D eigenvalue weighted by atomic mass is 79.9. The Hall–Kier alpha value is -0.740. The fourth-order valence-electron chi connectivity index (χ4n) is 2.64. The molecule has 0 saturated heterocycles. The van der Waals surface area contributed by atoms with Crippen molar-refractivity contribution in [3.8, 4) is 5.75 Å². The summed E-state index contributed by atoms with van der Waals surface area (Å²) in [6, 6.07) is 9.39. The van der Waals surface area contributed by atoms with Crippen LogP contribution < -0.4 is 10.5 Å². The predicted octanol–water partition coefficient (Wildman–Crippen LogP) is 4.93. The fraction of sp³-hybridized carbons (Fsp3) is 0.250. The lowest BCUT2D eigenvalue weighted by Crippen LogP contribution is -2.14. The SMILES string of the molecule is NC(Cc1cc(Cl)cc2c1OCC2)c1cc(Br)ccc1Cl. The molecule has 0 bridgehead atoms. The van der Waals surface area contributed by atoms with Crippen LogP contribution in [0.25, 0.3) is 0 Å². The van der Waals surface area contributed by atoms with E-state index < -0.39 is 0 Å². The van der Waals surface area contributed by atoms with Crippen LogP contribution >= 0.6 is 39.1 Å². The van der Waals surface area contributed by atoms with Crippen LogP contribution in [0.3, 0.4) is 0 Å². The van der Waals surface area contributed by atoms with Gasteiger partial charge in [0.25, 0.3) is 0 Å². The minimum absolute atomic E-state index is 0.207. The molecule has 21 heavy (non-hydrogen) atoms. The van der Waals surface area contributed by atoms with E-state index in [-0.39, 0.29) is 6.04 Å².